The zero-order chi connectivity index (χ0) is 24.3. The Hall–Kier alpha value is -4.12. The normalized spacial score (nSPS) is 23.9. The quantitative estimate of drug-likeness (QED) is 0.547. The van der Waals surface area contributed by atoms with E-state index in [4.69, 9.17) is 14.2 Å². The van der Waals surface area contributed by atoms with Gasteiger partial charge in [0.25, 0.3) is 11.4 Å². The molecule has 0 spiro atoms. The summed E-state index contributed by atoms with van der Waals surface area (Å²) in [5, 5.41) is 0. The number of H-pyrrole nitrogens is 1. The molecule has 1 aromatic heterocycles. The molecule has 34 heavy (non-hydrogen) atoms. The summed E-state index contributed by atoms with van der Waals surface area (Å²) in [5.41, 5.74) is -1.71. The molecule has 11 heteroatoms. The summed E-state index contributed by atoms with van der Waals surface area (Å²) in [4.78, 5) is 50.2. The predicted octanol–water partition coefficient (Wildman–Crippen LogP) is 2.15. The van der Waals surface area contributed by atoms with Crippen LogP contribution in [0.3, 0.4) is 0 Å². The van der Waals surface area contributed by atoms with E-state index >= 15 is 8.78 Å². The van der Waals surface area contributed by atoms with Crippen molar-refractivity contribution in [2.75, 3.05) is 6.61 Å². The Bertz CT molecular complexity index is 1300. The molecule has 4 rings (SSSR count). The zero-order valence-corrected chi connectivity index (χ0v) is 17.4. The number of hydrogen-bond acceptors (Lipinski definition) is 7. The molecule has 1 N–H and O–H groups in total. The lowest BCUT2D eigenvalue weighted by molar-refractivity contribution is -0.208. The molecule has 2 aromatic carbocycles. The van der Waals surface area contributed by atoms with E-state index in [1.54, 1.807) is 24.3 Å². The Morgan fingerprint density at radius 2 is 1.56 bits per heavy atom. The van der Waals surface area contributed by atoms with Crippen LogP contribution in [0, 0.1) is 0 Å². The van der Waals surface area contributed by atoms with Gasteiger partial charge in [-0.15, -0.1) is 0 Å². The van der Waals surface area contributed by atoms with Crippen molar-refractivity contribution in [2.45, 2.75) is 24.4 Å². The lowest BCUT2D eigenvalue weighted by Gasteiger charge is -2.25. The van der Waals surface area contributed by atoms with E-state index in [9.17, 15) is 19.2 Å². The Labute approximate surface area is 190 Å². The first kappa shape index (κ1) is 23.1. The molecule has 3 aromatic rings. The smallest absolute Gasteiger partial charge is 0.338 e. The number of aromatic amines is 1. The van der Waals surface area contributed by atoms with Gasteiger partial charge in [0, 0.05) is 12.3 Å². The number of halogens is 2. The van der Waals surface area contributed by atoms with Gasteiger partial charge in [0.2, 0.25) is 0 Å². The van der Waals surface area contributed by atoms with Crippen LogP contribution in [0.25, 0.3) is 0 Å². The lowest BCUT2D eigenvalue weighted by atomic mass is 10.1. The van der Waals surface area contributed by atoms with Crippen LogP contribution < -0.4 is 11.2 Å². The second-order valence-electron chi connectivity index (χ2n) is 7.39. The summed E-state index contributed by atoms with van der Waals surface area (Å²) in [6.45, 7) is -1.14. The Balaban J connectivity index is 1.62. The lowest BCUT2D eigenvalue weighted by Crippen LogP contribution is -2.45. The summed E-state index contributed by atoms with van der Waals surface area (Å²) >= 11 is 0. The molecule has 0 saturated carbocycles. The first-order chi connectivity index (χ1) is 16.3. The largest absolute Gasteiger partial charge is 0.456 e. The van der Waals surface area contributed by atoms with Crippen molar-refractivity contribution >= 4 is 11.9 Å². The third-order valence-corrected chi connectivity index (χ3v) is 5.08. The Morgan fingerprint density at radius 3 is 2.15 bits per heavy atom. The minimum Gasteiger partial charge on any atom is -0.456 e. The fourth-order valence-electron chi connectivity index (χ4n) is 3.41. The number of esters is 2. The van der Waals surface area contributed by atoms with E-state index in [0.717, 1.165) is 12.3 Å². The molecule has 2 heterocycles. The van der Waals surface area contributed by atoms with Gasteiger partial charge in [0.15, 0.2) is 25.1 Å². The molecule has 176 valence electrons. The van der Waals surface area contributed by atoms with Crippen LogP contribution >= 0.6 is 0 Å². The molecule has 0 bridgehead atoms. The molecule has 0 unspecified atom stereocenters. The van der Waals surface area contributed by atoms with E-state index in [1.807, 2.05) is 4.98 Å². The highest BCUT2D eigenvalue weighted by Gasteiger charge is 2.61. The number of ether oxygens (including phenoxy) is 3. The number of benzene rings is 2. The molecule has 1 fully saturated rings. The van der Waals surface area contributed by atoms with Crippen molar-refractivity contribution in [2.24, 2.45) is 0 Å². The molecule has 1 aliphatic rings. The summed E-state index contributed by atoms with van der Waals surface area (Å²) in [7, 11) is 0. The molecule has 0 radical (unpaired) electrons. The SMILES string of the molecule is O=C(OC[C@]1(F)O[C@H](n2ccc(=O)[nH]c2=O)[C@@H](F)[C@H]1OC(=O)c1ccccc1)c1ccccc1. The van der Waals surface area contributed by atoms with Crippen molar-refractivity contribution in [1.82, 2.24) is 9.55 Å². The Kier molecular flexibility index (Phi) is 6.37. The van der Waals surface area contributed by atoms with Gasteiger partial charge in [-0.05, 0) is 24.3 Å². The number of alkyl halides is 2. The van der Waals surface area contributed by atoms with Crippen molar-refractivity contribution in [3.05, 3.63) is 105 Å². The molecule has 1 saturated heterocycles. The molecular weight excluding hydrogens is 454 g/mol. The number of carbonyl (C=O) groups is 2. The van der Waals surface area contributed by atoms with Crippen LogP contribution in [0.4, 0.5) is 8.78 Å². The number of carbonyl (C=O) groups excluding carboxylic acids is 2. The van der Waals surface area contributed by atoms with Gasteiger partial charge >= 0.3 is 17.6 Å². The second kappa shape index (κ2) is 9.40. The average Bonchev–Trinajstić information content (AvgIpc) is 3.09. The Morgan fingerprint density at radius 1 is 0.971 bits per heavy atom. The standard InChI is InChI=1S/C23H18F2N2O7/c24-17-18(33-21(30)15-9-5-2-6-10-15)23(25,13-32-20(29)14-7-3-1-4-8-14)34-19(17)27-12-11-16(28)26-22(27)31/h1-12,17-19H,13H2,(H,26,28,31)/t17-,18+,19-,23-/m0/s1. The molecule has 0 amide bonds. The molecule has 0 aliphatic carbocycles. The molecule has 1 aliphatic heterocycles. The van der Waals surface area contributed by atoms with Crippen molar-refractivity contribution < 1.29 is 32.6 Å². The summed E-state index contributed by atoms with van der Waals surface area (Å²) in [5.74, 6) is -5.12. The van der Waals surface area contributed by atoms with E-state index in [0.29, 0.717) is 4.57 Å². The van der Waals surface area contributed by atoms with Gasteiger partial charge in [-0.3, -0.25) is 14.3 Å². The summed E-state index contributed by atoms with van der Waals surface area (Å²) in [6, 6.07) is 16.0. The third-order valence-electron chi connectivity index (χ3n) is 5.08. The second-order valence-corrected chi connectivity index (χ2v) is 7.39. The van der Waals surface area contributed by atoms with E-state index in [-0.39, 0.29) is 11.1 Å². The monoisotopic (exact) mass is 472 g/mol. The summed E-state index contributed by atoms with van der Waals surface area (Å²) < 4.78 is 47.1. The summed E-state index contributed by atoms with van der Waals surface area (Å²) in [6.07, 6.45) is -5.60. The third kappa shape index (κ3) is 4.64. The molecule has 9 nitrogen and oxygen atoms in total. The minimum absolute atomic E-state index is 0.0167. The van der Waals surface area contributed by atoms with Crippen LogP contribution in [0.2, 0.25) is 0 Å². The maximum Gasteiger partial charge on any atom is 0.338 e. The fourth-order valence-corrected chi connectivity index (χ4v) is 3.41. The van der Waals surface area contributed by atoms with Crippen LogP contribution in [-0.4, -0.2) is 46.2 Å². The number of nitrogens with one attached hydrogen (secondary N) is 1. The highest BCUT2D eigenvalue weighted by Crippen LogP contribution is 2.42. The van der Waals surface area contributed by atoms with Crippen molar-refractivity contribution in [3.63, 3.8) is 0 Å². The van der Waals surface area contributed by atoms with Gasteiger partial charge in [0.1, 0.15) is 0 Å². The van der Waals surface area contributed by atoms with Gasteiger partial charge < -0.3 is 14.2 Å². The zero-order valence-electron chi connectivity index (χ0n) is 17.4. The molecule has 4 atom stereocenters. The first-order valence-electron chi connectivity index (χ1n) is 10.1. The van der Waals surface area contributed by atoms with Crippen molar-refractivity contribution in [3.8, 4) is 0 Å². The van der Waals surface area contributed by atoms with E-state index < -0.39 is 54.2 Å². The topological polar surface area (TPSA) is 117 Å². The van der Waals surface area contributed by atoms with E-state index in [1.165, 1.54) is 36.4 Å². The highest BCUT2D eigenvalue weighted by molar-refractivity contribution is 5.90. The highest BCUT2D eigenvalue weighted by atomic mass is 19.2. The van der Waals surface area contributed by atoms with Crippen LogP contribution in [0.15, 0.2) is 82.5 Å². The minimum atomic E-state index is -3.14. The van der Waals surface area contributed by atoms with Crippen molar-refractivity contribution in [1.29, 1.82) is 0 Å². The predicted molar refractivity (Wildman–Crippen MR) is 113 cm³/mol. The molecular formula is C23H18F2N2O7. The number of hydrogen-bond donors (Lipinski definition) is 1. The average molecular weight is 472 g/mol. The maximum absolute atomic E-state index is 15.9. The van der Waals surface area contributed by atoms with Crippen LogP contribution in [-0.2, 0) is 14.2 Å². The van der Waals surface area contributed by atoms with E-state index in [2.05, 4.69) is 0 Å². The number of aromatic nitrogens is 2. The number of nitrogens with zero attached hydrogens (tertiary/aromatic N) is 1. The van der Waals surface area contributed by atoms with Gasteiger partial charge in [-0.25, -0.2) is 23.2 Å². The fraction of sp³-hybridized carbons (Fsp3) is 0.217. The maximum atomic E-state index is 15.9. The van der Waals surface area contributed by atoms with Gasteiger partial charge in [-0.2, -0.15) is 0 Å². The van der Waals surface area contributed by atoms with Gasteiger partial charge in [0.05, 0.1) is 11.1 Å². The van der Waals surface area contributed by atoms with Gasteiger partial charge in [-0.1, -0.05) is 36.4 Å². The van der Waals surface area contributed by atoms with Crippen LogP contribution in [0.5, 0.6) is 0 Å². The number of rotatable bonds is 6. The van der Waals surface area contributed by atoms with Crippen LogP contribution in [0.1, 0.15) is 26.9 Å². The first-order valence-corrected chi connectivity index (χ1v) is 10.1.